The fourth-order valence-electron chi connectivity index (χ4n) is 3.10. The maximum atomic E-state index is 10.5. The molecule has 3 nitrogen and oxygen atoms in total. The van der Waals surface area contributed by atoms with Crippen LogP contribution in [-0.4, -0.2) is 19.2 Å². The van der Waals surface area contributed by atoms with Crippen LogP contribution in [0.2, 0.25) is 0 Å². The van der Waals surface area contributed by atoms with Crippen LogP contribution in [0.4, 0.5) is 0 Å². The predicted octanol–water partition coefficient (Wildman–Crippen LogP) is 7.00. The van der Waals surface area contributed by atoms with Gasteiger partial charge in [-0.05, 0) is 25.7 Å². The first-order valence-electron chi connectivity index (χ1n) is 11.0. The van der Waals surface area contributed by atoms with Gasteiger partial charge in [0, 0.05) is 6.42 Å². The molecule has 1 saturated heterocycles. The first-order valence-corrected chi connectivity index (χ1v) is 11.0. The Bertz CT molecular complexity index is 242. The van der Waals surface area contributed by atoms with Crippen LogP contribution in [0.3, 0.4) is 0 Å². The van der Waals surface area contributed by atoms with E-state index in [2.05, 4.69) is 6.92 Å². The Morgan fingerprint density at radius 2 is 1.16 bits per heavy atom. The molecule has 0 N–H and O–H groups in total. The van der Waals surface area contributed by atoms with E-state index >= 15 is 0 Å². The van der Waals surface area contributed by atoms with Crippen molar-refractivity contribution in [2.45, 2.75) is 122 Å². The highest BCUT2D eigenvalue weighted by atomic mass is 16.5. The molecule has 25 heavy (non-hydrogen) atoms. The summed E-state index contributed by atoms with van der Waals surface area (Å²) < 4.78 is 4.76. The van der Waals surface area contributed by atoms with E-state index in [9.17, 15) is 9.90 Å². The largest absolute Gasteiger partial charge is 0.466 e. The molecule has 3 heteroatoms. The van der Waals surface area contributed by atoms with Crippen LogP contribution in [0.5, 0.6) is 0 Å². The summed E-state index contributed by atoms with van der Waals surface area (Å²) in [7, 11) is 0. The molecule has 0 spiro atoms. The zero-order valence-electron chi connectivity index (χ0n) is 16.9. The number of carbonyl (C=O) groups excluding carboxylic acids is 1. The van der Waals surface area contributed by atoms with Gasteiger partial charge in [-0.25, -0.2) is 5.11 Å². The van der Waals surface area contributed by atoms with E-state index in [0.717, 1.165) is 32.1 Å². The third kappa shape index (κ3) is 21.4. The smallest absolute Gasteiger partial charge is 0.305 e. The SMILES string of the molecule is CCCCCCCCCCCCCCCC[O].O=C1CCCCCO1. The Morgan fingerprint density at radius 3 is 1.64 bits per heavy atom. The number of hydrogen-bond acceptors (Lipinski definition) is 2. The second kappa shape index (κ2) is 21.5. The molecule has 0 unspecified atom stereocenters. The minimum absolute atomic E-state index is 0.0255. The van der Waals surface area contributed by atoms with Gasteiger partial charge in [-0.3, -0.25) is 4.79 Å². The van der Waals surface area contributed by atoms with Crippen molar-refractivity contribution >= 4 is 5.97 Å². The number of hydrogen-bond donors (Lipinski definition) is 0. The van der Waals surface area contributed by atoms with E-state index < -0.39 is 0 Å². The molecule has 0 aromatic heterocycles. The van der Waals surface area contributed by atoms with Crippen LogP contribution in [0.25, 0.3) is 0 Å². The molecular weight excluding hydrogens is 312 g/mol. The maximum absolute atomic E-state index is 10.5. The lowest BCUT2D eigenvalue weighted by molar-refractivity contribution is -0.142. The Morgan fingerprint density at radius 1 is 0.680 bits per heavy atom. The van der Waals surface area contributed by atoms with Crippen LogP contribution < -0.4 is 0 Å². The van der Waals surface area contributed by atoms with Crippen molar-refractivity contribution in [1.82, 2.24) is 0 Å². The van der Waals surface area contributed by atoms with Gasteiger partial charge in [-0.2, -0.15) is 0 Å². The first-order chi connectivity index (χ1) is 12.3. The zero-order valence-corrected chi connectivity index (χ0v) is 16.9. The van der Waals surface area contributed by atoms with Crippen molar-refractivity contribution in [2.24, 2.45) is 0 Å². The van der Waals surface area contributed by atoms with E-state index in [1.165, 1.54) is 77.0 Å². The standard InChI is InChI=1S/C16H33O.C6H10O2/c1-2-3-4-5-6-7-8-9-10-11-12-13-14-15-16-17;7-6-4-2-1-3-5-8-6/h2-16H2,1H3;1-5H2. The summed E-state index contributed by atoms with van der Waals surface area (Å²) in [6.45, 7) is 3.04. The van der Waals surface area contributed by atoms with Crippen LogP contribution in [-0.2, 0) is 14.6 Å². The summed E-state index contributed by atoms with van der Waals surface area (Å²) in [5, 5.41) is 10.2. The van der Waals surface area contributed by atoms with Gasteiger partial charge in [-0.15, -0.1) is 0 Å². The molecule has 0 saturated carbocycles. The average molecular weight is 356 g/mol. The zero-order chi connectivity index (χ0) is 18.4. The maximum Gasteiger partial charge on any atom is 0.305 e. The molecule has 0 amide bonds. The number of esters is 1. The van der Waals surface area contributed by atoms with E-state index in [4.69, 9.17) is 4.74 Å². The lowest BCUT2D eigenvalue weighted by Crippen LogP contribution is -2.00. The summed E-state index contributed by atoms with van der Waals surface area (Å²) >= 11 is 0. The molecule has 0 aromatic carbocycles. The number of unbranched alkanes of at least 4 members (excludes halogenated alkanes) is 13. The Kier molecular flexibility index (Phi) is 21.0. The molecule has 0 aromatic rings. The monoisotopic (exact) mass is 355 g/mol. The lowest BCUT2D eigenvalue weighted by atomic mass is 10.0. The highest BCUT2D eigenvalue weighted by molar-refractivity contribution is 5.69. The van der Waals surface area contributed by atoms with Crippen LogP contribution in [0, 0.1) is 0 Å². The molecule has 1 aliphatic rings. The molecule has 0 aliphatic carbocycles. The van der Waals surface area contributed by atoms with Crippen LogP contribution in [0.1, 0.15) is 122 Å². The van der Waals surface area contributed by atoms with E-state index in [1.54, 1.807) is 0 Å². The van der Waals surface area contributed by atoms with Crippen molar-refractivity contribution in [1.29, 1.82) is 0 Å². The quantitative estimate of drug-likeness (QED) is 0.249. The third-order valence-corrected chi connectivity index (χ3v) is 4.79. The van der Waals surface area contributed by atoms with Crippen molar-refractivity contribution in [2.75, 3.05) is 13.2 Å². The van der Waals surface area contributed by atoms with Crippen LogP contribution >= 0.6 is 0 Å². The summed E-state index contributed by atoms with van der Waals surface area (Å²) in [5.74, 6) is -0.0255. The Labute approximate surface area is 156 Å². The third-order valence-electron chi connectivity index (χ3n) is 4.79. The van der Waals surface area contributed by atoms with E-state index in [-0.39, 0.29) is 12.6 Å². The van der Waals surface area contributed by atoms with Gasteiger partial charge in [0.05, 0.1) is 13.2 Å². The van der Waals surface area contributed by atoms with E-state index in [1.807, 2.05) is 0 Å². The van der Waals surface area contributed by atoms with Gasteiger partial charge >= 0.3 is 5.97 Å². The van der Waals surface area contributed by atoms with Gasteiger partial charge in [-0.1, -0.05) is 90.4 Å². The number of rotatable bonds is 14. The molecule has 1 radical (unpaired) electrons. The predicted molar refractivity (Wildman–Crippen MR) is 105 cm³/mol. The Balaban J connectivity index is 0.000000593. The van der Waals surface area contributed by atoms with Gasteiger partial charge in [0.1, 0.15) is 0 Å². The number of ether oxygens (including phenoxy) is 1. The van der Waals surface area contributed by atoms with E-state index in [0.29, 0.717) is 13.0 Å². The summed E-state index contributed by atoms with van der Waals surface area (Å²) in [5.41, 5.74) is 0. The van der Waals surface area contributed by atoms with Crippen molar-refractivity contribution in [3.8, 4) is 0 Å². The van der Waals surface area contributed by atoms with Crippen molar-refractivity contribution < 1.29 is 14.6 Å². The molecule has 1 aliphatic heterocycles. The fraction of sp³-hybridized carbons (Fsp3) is 0.955. The molecule has 1 fully saturated rings. The summed E-state index contributed by atoms with van der Waals surface area (Å²) in [6, 6.07) is 0. The number of carbonyl (C=O) groups is 1. The first kappa shape index (κ1) is 24.4. The fourth-order valence-corrected chi connectivity index (χ4v) is 3.10. The Hall–Kier alpha value is -0.570. The molecular formula is C22H43O3. The second-order valence-corrected chi connectivity index (χ2v) is 7.33. The summed E-state index contributed by atoms with van der Waals surface area (Å²) in [4.78, 5) is 10.5. The lowest BCUT2D eigenvalue weighted by Gasteiger charge is -2.02. The normalized spacial score (nSPS) is 14.4. The minimum Gasteiger partial charge on any atom is -0.466 e. The van der Waals surface area contributed by atoms with Crippen LogP contribution in [0.15, 0.2) is 0 Å². The molecule has 149 valence electrons. The molecule has 1 rings (SSSR count). The molecule has 0 atom stereocenters. The average Bonchev–Trinajstić information content (AvgIpc) is 2.87. The highest BCUT2D eigenvalue weighted by Gasteiger charge is 2.05. The summed E-state index contributed by atoms with van der Waals surface area (Å²) in [6.07, 6.45) is 22.7. The minimum atomic E-state index is -0.0255. The number of cyclic esters (lactones) is 1. The highest BCUT2D eigenvalue weighted by Crippen LogP contribution is 2.12. The van der Waals surface area contributed by atoms with Gasteiger partial charge < -0.3 is 4.74 Å². The topological polar surface area (TPSA) is 46.2 Å². The van der Waals surface area contributed by atoms with Gasteiger partial charge in [0.15, 0.2) is 0 Å². The molecule has 0 bridgehead atoms. The van der Waals surface area contributed by atoms with Gasteiger partial charge in [0.25, 0.3) is 0 Å². The second-order valence-electron chi connectivity index (χ2n) is 7.33. The molecule has 1 heterocycles. The van der Waals surface area contributed by atoms with Crippen molar-refractivity contribution in [3.63, 3.8) is 0 Å². The van der Waals surface area contributed by atoms with Gasteiger partial charge in [0.2, 0.25) is 0 Å². The van der Waals surface area contributed by atoms with Crippen molar-refractivity contribution in [3.05, 3.63) is 0 Å².